The van der Waals surface area contributed by atoms with Crippen LogP contribution < -0.4 is 15.7 Å². The summed E-state index contributed by atoms with van der Waals surface area (Å²) in [4.78, 5) is 27.5. The summed E-state index contributed by atoms with van der Waals surface area (Å²) in [7, 11) is -1.38. The molecule has 25 heavy (non-hydrogen) atoms. The van der Waals surface area contributed by atoms with Gasteiger partial charge < -0.3 is 25.8 Å². The largest absolute Gasteiger partial charge is 0.547 e. The molecule has 8 nitrogen and oxygen atoms in total. The molecule has 1 atom stereocenters. The van der Waals surface area contributed by atoms with E-state index in [1.54, 1.807) is 17.5 Å². The molecule has 0 saturated carbocycles. The van der Waals surface area contributed by atoms with E-state index >= 15 is 0 Å². The van der Waals surface area contributed by atoms with Gasteiger partial charge in [-0.3, -0.25) is 4.79 Å². The van der Waals surface area contributed by atoms with E-state index in [1.165, 1.54) is 17.4 Å². The van der Waals surface area contributed by atoms with Crippen molar-refractivity contribution in [3.05, 3.63) is 47.0 Å². The molecule has 5 N–H and O–H groups in total. The zero-order valence-corrected chi connectivity index (χ0v) is 13.7. The van der Waals surface area contributed by atoms with Gasteiger partial charge in [-0.15, -0.1) is 11.3 Å². The van der Waals surface area contributed by atoms with Gasteiger partial charge in [-0.25, -0.2) is 9.78 Å². The highest BCUT2D eigenvalue weighted by Gasteiger charge is 2.38. The summed E-state index contributed by atoms with van der Waals surface area (Å²) in [6.07, 6.45) is 0.218. The number of carboxylic acids is 1. The van der Waals surface area contributed by atoms with Gasteiger partial charge in [0.05, 0.1) is 22.8 Å². The van der Waals surface area contributed by atoms with Gasteiger partial charge in [-0.1, -0.05) is 18.7 Å². The molecular weight excluding hydrogens is 345 g/mol. The Balaban J connectivity index is 1.76. The van der Waals surface area contributed by atoms with Crippen LogP contribution in [0, 0.1) is 0 Å². The molecule has 3 rings (SSSR count). The molecule has 2 aromatic rings. The number of hydrogen-bond donors (Lipinski definition) is 4. The first-order valence-electron chi connectivity index (χ1n) is 7.28. The summed E-state index contributed by atoms with van der Waals surface area (Å²) in [5.74, 6) is -2.31. The van der Waals surface area contributed by atoms with E-state index in [-0.39, 0.29) is 23.3 Å². The molecule has 0 bridgehead atoms. The first-order valence-corrected chi connectivity index (χ1v) is 8.16. The molecule has 1 aliphatic rings. The number of hydrogen-bond acceptors (Lipinski definition) is 7. The molecule has 1 aromatic heterocycles. The van der Waals surface area contributed by atoms with Crippen LogP contribution in [-0.4, -0.2) is 40.1 Å². The molecule has 1 aromatic carbocycles. The molecule has 1 amide bonds. The lowest BCUT2D eigenvalue weighted by Gasteiger charge is -2.29. The number of carboxylic acid groups (broad SMARTS) is 1. The minimum absolute atomic E-state index is 0.0383. The number of amides is 1. The fourth-order valence-corrected chi connectivity index (χ4v) is 3.09. The number of carbonyl (C=O) groups is 2. The van der Waals surface area contributed by atoms with Crippen molar-refractivity contribution >= 4 is 41.0 Å². The number of carbonyl (C=O) groups excluding carboxylic acids is 1. The quantitative estimate of drug-likeness (QED) is 0.463. The maximum absolute atomic E-state index is 12.3. The number of fused-ring (bicyclic) bond motifs is 1. The molecule has 0 spiro atoms. The number of rotatable bonds is 4. The van der Waals surface area contributed by atoms with Crippen LogP contribution in [0.2, 0.25) is 0 Å². The number of nitrogen functional groups attached to an aromatic ring is 1. The van der Waals surface area contributed by atoms with Crippen molar-refractivity contribution in [3.63, 3.8) is 0 Å². The number of thiazole rings is 1. The Labute approximate surface area is 147 Å². The van der Waals surface area contributed by atoms with Gasteiger partial charge in [0.25, 0.3) is 5.91 Å². The van der Waals surface area contributed by atoms with Crippen molar-refractivity contribution < 1.29 is 24.4 Å². The molecule has 0 fully saturated rings. The van der Waals surface area contributed by atoms with Crippen LogP contribution in [0.4, 0.5) is 5.13 Å². The number of aromatic nitrogens is 1. The Morgan fingerprint density at radius 3 is 2.88 bits per heavy atom. The third-order valence-electron chi connectivity index (χ3n) is 3.77. The van der Waals surface area contributed by atoms with Crippen LogP contribution in [-0.2, 0) is 11.2 Å². The first-order chi connectivity index (χ1) is 11.9. The number of para-hydroxylation sites is 1. The summed E-state index contributed by atoms with van der Waals surface area (Å²) in [6, 6.07) is 4.66. The van der Waals surface area contributed by atoms with E-state index in [4.69, 9.17) is 10.4 Å². The summed E-state index contributed by atoms with van der Waals surface area (Å²) >= 11 is 1.19. The normalized spacial score (nSPS) is 15.9. The van der Waals surface area contributed by atoms with Gasteiger partial charge in [0.15, 0.2) is 5.13 Å². The van der Waals surface area contributed by atoms with Gasteiger partial charge in [-0.2, -0.15) is 0 Å². The van der Waals surface area contributed by atoms with Crippen molar-refractivity contribution in [1.82, 2.24) is 10.3 Å². The van der Waals surface area contributed by atoms with Crippen LogP contribution in [0.5, 0.6) is 5.75 Å². The van der Waals surface area contributed by atoms with Crippen molar-refractivity contribution in [2.45, 2.75) is 12.4 Å². The minimum Gasteiger partial charge on any atom is -0.534 e. The van der Waals surface area contributed by atoms with E-state index < -0.39 is 24.9 Å². The van der Waals surface area contributed by atoms with Crippen molar-refractivity contribution in [1.29, 1.82) is 0 Å². The average molecular weight is 359 g/mol. The second-order valence-corrected chi connectivity index (χ2v) is 6.33. The lowest BCUT2D eigenvalue weighted by Crippen LogP contribution is -2.53. The maximum Gasteiger partial charge on any atom is 0.547 e. The number of aromatic carboxylic acids is 1. The number of benzene rings is 1. The Kier molecular flexibility index (Phi) is 4.47. The second-order valence-electron chi connectivity index (χ2n) is 5.44. The average Bonchev–Trinajstić information content (AvgIpc) is 3.00. The number of nitrogens with one attached hydrogen (secondary N) is 1. The highest BCUT2D eigenvalue weighted by molar-refractivity contribution is 7.13. The number of anilines is 1. The van der Waals surface area contributed by atoms with Crippen LogP contribution >= 0.6 is 11.3 Å². The predicted octanol–water partition coefficient (Wildman–Crippen LogP) is 0.576. The van der Waals surface area contributed by atoms with Crippen LogP contribution in [0.25, 0.3) is 5.57 Å². The topological polar surface area (TPSA) is 135 Å². The third-order valence-corrected chi connectivity index (χ3v) is 4.45. The SMILES string of the molecule is C=C(C(=O)N[C@H]1Cc2cccc(C(=O)O)c2OB1O)c1csc(N)n1. The molecule has 0 unspecified atom stereocenters. The van der Waals surface area contributed by atoms with E-state index in [2.05, 4.69) is 16.9 Å². The van der Waals surface area contributed by atoms with E-state index in [1.807, 2.05) is 0 Å². The molecule has 2 heterocycles. The van der Waals surface area contributed by atoms with Crippen LogP contribution in [0.15, 0.2) is 30.2 Å². The van der Waals surface area contributed by atoms with Gasteiger partial charge in [0.1, 0.15) is 5.75 Å². The fourth-order valence-electron chi connectivity index (χ4n) is 2.51. The highest BCUT2D eigenvalue weighted by atomic mass is 32.1. The highest BCUT2D eigenvalue weighted by Crippen LogP contribution is 2.30. The predicted molar refractivity (Wildman–Crippen MR) is 93.2 cm³/mol. The van der Waals surface area contributed by atoms with E-state index in [0.717, 1.165) is 0 Å². The number of nitrogens with zero attached hydrogens (tertiary/aromatic N) is 1. The zero-order chi connectivity index (χ0) is 18.1. The van der Waals surface area contributed by atoms with Crippen molar-refractivity contribution in [2.24, 2.45) is 0 Å². The molecule has 0 aliphatic carbocycles. The van der Waals surface area contributed by atoms with E-state index in [0.29, 0.717) is 16.4 Å². The van der Waals surface area contributed by atoms with Gasteiger partial charge in [0.2, 0.25) is 0 Å². The lowest BCUT2D eigenvalue weighted by molar-refractivity contribution is -0.116. The Morgan fingerprint density at radius 1 is 1.48 bits per heavy atom. The maximum atomic E-state index is 12.3. The monoisotopic (exact) mass is 359 g/mol. The third kappa shape index (κ3) is 3.35. The van der Waals surface area contributed by atoms with Gasteiger partial charge in [-0.05, 0) is 18.1 Å². The lowest BCUT2D eigenvalue weighted by atomic mass is 9.72. The summed E-state index contributed by atoms with van der Waals surface area (Å²) in [5.41, 5.74) is 6.56. The first kappa shape index (κ1) is 17.0. The minimum atomic E-state index is -1.38. The Morgan fingerprint density at radius 2 is 2.24 bits per heavy atom. The van der Waals surface area contributed by atoms with Gasteiger partial charge >= 0.3 is 13.1 Å². The second kappa shape index (κ2) is 6.57. The molecular formula is C15H14BN3O5S. The molecule has 128 valence electrons. The van der Waals surface area contributed by atoms with E-state index in [9.17, 15) is 19.7 Å². The number of nitrogens with two attached hydrogens (primary N) is 1. The molecule has 1 aliphatic heterocycles. The standard InChI is InChI=1S/C15H14BN3O5S/c1-7(10-6-25-15(17)18-10)13(20)19-11-5-8-3-2-4-9(14(21)22)12(8)24-16(11)23/h2-4,6,11,23H,1,5H2,(H2,17,18)(H,19,20)(H,21,22)/t11-/m0/s1. The van der Waals surface area contributed by atoms with Gasteiger partial charge in [0, 0.05) is 5.38 Å². The Hall–Kier alpha value is -2.85. The Bertz CT molecular complexity index is 869. The summed E-state index contributed by atoms with van der Waals surface area (Å²) < 4.78 is 5.32. The smallest absolute Gasteiger partial charge is 0.534 e. The molecule has 0 radical (unpaired) electrons. The van der Waals surface area contributed by atoms with Crippen molar-refractivity contribution in [3.8, 4) is 5.75 Å². The molecule has 0 saturated heterocycles. The summed E-state index contributed by atoms with van der Waals surface area (Å²) in [6.45, 7) is 3.69. The van der Waals surface area contributed by atoms with Crippen LogP contribution in [0.1, 0.15) is 21.6 Å². The van der Waals surface area contributed by atoms with Crippen molar-refractivity contribution in [2.75, 3.05) is 5.73 Å². The summed E-state index contributed by atoms with van der Waals surface area (Å²) in [5, 5.41) is 23.9. The zero-order valence-electron chi connectivity index (χ0n) is 12.9. The van der Waals surface area contributed by atoms with Crippen LogP contribution in [0.3, 0.4) is 0 Å². The molecule has 10 heteroatoms. The fraction of sp³-hybridized carbons (Fsp3) is 0.133.